The average Bonchev–Trinajstić information content (AvgIpc) is 2.34. The second-order valence-corrected chi connectivity index (χ2v) is 15.9. The Labute approximate surface area is 114 Å². The largest absolute Gasteiger partial charge is 0.108 e. The molecule has 0 aromatic heterocycles. The van der Waals surface area contributed by atoms with Crippen LogP contribution in [0.2, 0.25) is 24.2 Å². The van der Waals surface area contributed by atoms with Crippen molar-refractivity contribution in [2.75, 3.05) is 0 Å². The van der Waals surface area contributed by atoms with E-state index in [4.69, 9.17) is 0 Å². The summed E-state index contributed by atoms with van der Waals surface area (Å²) in [6, 6.07) is 9.30. The summed E-state index contributed by atoms with van der Waals surface area (Å²) in [6.45, 7) is 14.6. The van der Waals surface area contributed by atoms with E-state index in [1.807, 2.05) is 0 Å². The first-order valence-electron chi connectivity index (χ1n) is 7.12. The third-order valence-corrected chi connectivity index (χ3v) is 15.6. The second kappa shape index (κ2) is 4.50. The van der Waals surface area contributed by atoms with Crippen molar-refractivity contribution in [1.82, 2.24) is 0 Å². The molecule has 18 heavy (non-hydrogen) atoms. The van der Waals surface area contributed by atoms with Crippen molar-refractivity contribution in [3.05, 3.63) is 35.7 Å². The summed E-state index contributed by atoms with van der Waals surface area (Å²) < 4.78 is 0. The van der Waals surface area contributed by atoms with Crippen LogP contribution < -0.4 is 10.4 Å². The van der Waals surface area contributed by atoms with Crippen LogP contribution in [0.5, 0.6) is 0 Å². The van der Waals surface area contributed by atoms with Gasteiger partial charge in [0.25, 0.3) is 0 Å². The monoisotopic (exact) mass is 274 g/mol. The maximum Gasteiger partial charge on any atom is 0.108 e. The Morgan fingerprint density at radius 1 is 0.722 bits per heavy atom. The number of hydrogen-bond acceptors (Lipinski definition) is 0. The molecule has 0 radical (unpaired) electrons. The van der Waals surface area contributed by atoms with E-state index in [9.17, 15) is 0 Å². The van der Waals surface area contributed by atoms with Gasteiger partial charge in [-0.3, -0.25) is 0 Å². The van der Waals surface area contributed by atoms with Crippen LogP contribution in [-0.4, -0.2) is 16.1 Å². The molecule has 0 nitrogen and oxygen atoms in total. The van der Waals surface area contributed by atoms with E-state index < -0.39 is 16.1 Å². The molecular formula is C16H26Si2. The number of hydrogen-bond donors (Lipinski definition) is 0. The molecule has 0 bridgehead atoms. The molecule has 0 fully saturated rings. The molecule has 0 amide bonds. The quantitative estimate of drug-likeness (QED) is 0.721. The van der Waals surface area contributed by atoms with Crippen LogP contribution in [0, 0.1) is 0 Å². The maximum atomic E-state index is 2.65. The third-order valence-electron chi connectivity index (χ3n) is 5.26. The lowest BCUT2D eigenvalue weighted by molar-refractivity contribution is 1.02. The van der Waals surface area contributed by atoms with Crippen molar-refractivity contribution >= 4 is 26.5 Å². The topological polar surface area (TPSA) is 0 Å². The summed E-state index contributed by atoms with van der Waals surface area (Å²) in [5.74, 6) is 0. The van der Waals surface area contributed by atoms with Gasteiger partial charge < -0.3 is 0 Å². The molecule has 2 rings (SSSR count). The fraction of sp³-hybridized carbons (Fsp3) is 0.500. The summed E-state index contributed by atoms with van der Waals surface area (Å²) in [4.78, 5) is 0. The molecule has 1 heterocycles. The van der Waals surface area contributed by atoms with E-state index in [-0.39, 0.29) is 0 Å². The fourth-order valence-electron chi connectivity index (χ4n) is 2.96. The highest BCUT2D eigenvalue weighted by atomic mass is 28.3. The first kappa shape index (κ1) is 13.8. The van der Waals surface area contributed by atoms with Gasteiger partial charge in [-0.1, -0.05) is 86.8 Å². The first-order chi connectivity index (χ1) is 8.32. The lowest BCUT2D eigenvalue weighted by atomic mass is 10.4. The van der Waals surface area contributed by atoms with Crippen LogP contribution in [0.4, 0.5) is 0 Å². The van der Waals surface area contributed by atoms with Gasteiger partial charge in [0, 0.05) is 0 Å². The van der Waals surface area contributed by atoms with E-state index in [2.05, 4.69) is 76.5 Å². The SMILES string of the molecule is CC(C)[Si]1(C)C=C[Si](C)(C(C)C)c2ccccc21. The first-order valence-corrected chi connectivity index (χ1v) is 12.4. The molecule has 0 saturated carbocycles. The summed E-state index contributed by atoms with van der Waals surface area (Å²) in [5.41, 5.74) is 6.85. The molecule has 1 aromatic carbocycles. The van der Waals surface area contributed by atoms with Crippen LogP contribution in [0.25, 0.3) is 0 Å². The molecule has 0 N–H and O–H groups in total. The van der Waals surface area contributed by atoms with Crippen LogP contribution in [0.3, 0.4) is 0 Å². The number of rotatable bonds is 2. The molecule has 0 saturated heterocycles. The Morgan fingerprint density at radius 3 is 1.33 bits per heavy atom. The number of fused-ring (bicyclic) bond motifs is 1. The van der Waals surface area contributed by atoms with Gasteiger partial charge in [-0.05, 0) is 11.1 Å². The lowest BCUT2D eigenvalue weighted by Gasteiger charge is -2.42. The molecule has 1 aliphatic heterocycles. The minimum absolute atomic E-state index is 0.778. The molecule has 98 valence electrons. The summed E-state index contributed by atoms with van der Waals surface area (Å²) in [7, 11) is -2.83. The zero-order valence-corrected chi connectivity index (χ0v) is 14.6. The van der Waals surface area contributed by atoms with Gasteiger partial charge in [-0.25, -0.2) is 0 Å². The van der Waals surface area contributed by atoms with Gasteiger partial charge in [-0.15, -0.1) is 0 Å². The van der Waals surface area contributed by atoms with Crippen molar-refractivity contribution < 1.29 is 0 Å². The maximum absolute atomic E-state index is 2.65. The molecule has 2 unspecified atom stereocenters. The Hall–Kier alpha value is -0.606. The van der Waals surface area contributed by atoms with E-state index in [1.165, 1.54) is 0 Å². The highest BCUT2D eigenvalue weighted by Gasteiger charge is 2.43. The van der Waals surface area contributed by atoms with Gasteiger partial charge in [0.15, 0.2) is 0 Å². The number of benzene rings is 1. The zero-order valence-electron chi connectivity index (χ0n) is 12.6. The van der Waals surface area contributed by atoms with Crippen LogP contribution >= 0.6 is 0 Å². The summed E-state index contributed by atoms with van der Waals surface area (Å²) in [6.07, 6.45) is 0. The Bertz CT molecular complexity index is 433. The van der Waals surface area contributed by atoms with Crippen molar-refractivity contribution in [3.8, 4) is 0 Å². The molecular weight excluding hydrogens is 248 g/mol. The van der Waals surface area contributed by atoms with Crippen LogP contribution in [0.15, 0.2) is 35.7 Å². The second-order valence-electron chi connectivity index (χ2n) is 6.75. The molecule has 2 atom stereocenters. The molecule has 1 aromatic rings. The normalized spacial score (nSPS) is 30.9. The predicted octanol–water partition coefficient (Wildman–Crippen LogP) is 3.73. The molecule has 2 heteroatoms. The Balaban J connectivity index is 2.67. The minimum Gasteiger partial charge on any atom is -0.0974 e. The van der Waals surface area contributed by atoms with Gasteiger partial charge in [0.2, 0.25) is 0 Å². The van der Waals surface area contributed by atoms with Crippen LogP contribution in [0.1, 0.15) is 27.7 Å². The van der Waals surface area contributed by atoms with Crippen molar-refractivity contribution in [3.63, 3.8) is 0 Å². The highest BCUT2D eigenvalue weighted by molar-refractivity contribution is 7.08. The van der Waals surface area contributed by atoms with Crippen molar-refractivity contribution in [1.29, 1.82) is 0 Å². The summed E-state index contributed by atoms with van der Waals surface area (Å²) in [5, 5.41) is 3.43. The van der Waals surface area contributed by atoms with Crippen molar-refractivity contribution in [2.45, 2.75) is 51.9 Å². The Kier molecular flexibility index (Phi) is 3.45. The van der Waals surface area contributed by atoms with Gasteiger partial charge in [0.05, 0.1) is 0 Å². The lowest BCUT2D eigenvalue weighted by Crippen LogP contribution is -2.65. The fourth-order valence-corrected chi connectivity index (χ4v) is 12.0. The summed E-state index contributed by atoms with van der Waals surface area (Å²) >= 11 is 0. The standard InChI is InChI=1S/C16H26Si2/c1-13(2)17(5)11-12-18(6,14(3)4)16-10-8-7-9-15(16)17/h7-14H,1-6H3. The third kappa shape index (κ3) is 1.86. The predicted molar refractivity (Wildman–Crippen MR) is 88.3 cm³/mol. The minimum atomic E-state index is -1.42. The average molecular weight is 275 g/mol. The highest BCUT2D eigenvalue weighted by Crippen LogP contribution is 2.30. The van der Waals surface area contributed by atoms with E-state index in [0.29, 0.717) is 0 Å². The van der Waals surface area contributed by atoms with Gasteiger partial charge in [0.1, 0.15) is 16.1 Å². The Morgan fingerprint density at radius 2 is 1.06 bits per heavy atom. The molecule has 1 aliphatic rings. The van der Waals surface area contributed by atoms with Crippen molar-refractivity contribution in [2.24, 2.45) is 0 Å². The van der Waals surface area contributed by atoms with E-state index >= 15 is 0 Å². The smallest absolute Gasteiger partial charge is 0.0974 e. The van der Waals surface area contributed by atoms with E-state index in [0.717, 1.165) is 11.1 Å². The molecule has 0 aliphatic carbocycles. The van der Waals surface area contributed by atoms with Gasteiger partial charge in [-0.2, -0.15) is 0 Å². The zero-order chi connectivity index (χ0) is 13.6. The van der Waals surface area contributed by atoms with E-state index in [1.54, 1.807) is 10.4 Å². The van der Waals surface area contributed by atoms with Gasteiger partial charge >= 0.3 is 0 Å². The molecule has 0 spiro atoms. The van der Waals surface area contributed by atoms with Crippen LogP contribution in [-0.2, 0) is 0 Å².